The van der Waals surface area contributed by atoms with Crippen LogP contribution in [0.3, 0.4) is 0 Å². The Morgan fingerprint density at radius 2 is 2.20 bits per heavy atom. The molecule has 112 valence electrons. The van der Waals surface area contributed by atoms with Gasteiger partial charge in [-0.25, -0.2) is 8.42 Å². The van der Waals surface area contributed by atoms with E-state index in [9.17, 15) is 8.42 Å². The first-order chi connectivity index (χ1) is 9.51. The van der Waals surface area contributed by atoms with Crippen molar-refractivity contribution in [3.63, 3.8) is 0 Å². The lowest BCUT2D eigenvalue weighted by atomic mass is 9.95. The summed E-state index contributed by atoms with van der Waals surface area (Å²) in [7, 11) is -3.32. The molecule has 1 aromatic rings. The summed E-state index contributed by atoms with van der Waals surface area (Å²) in [5, 5.41) is 4.07. The molecule has 5 nitrogen and oxygen atoms in total. The smallest absolute Gasteiger partial charge is 0.185 e. The molecule has 0 saturated heterocycles. The molecule has 2 saturated carbocycles. The Kier molecular flexibility index (Phi) is 3.66. The van der Waals surface area contributed by atoms with Gasteiger partial charge in [0.1, 0.15) is 9.90 Å². The van der Waals surface area contributed by atoms with Crippen molar-refractivity contribution in [3.05, 3.63) is 0 Å². The zero-order chi connectivity index (χ0) is 14.3. The fourth-order valence-electron chi connectivity index (χ4n) is 3.65. The van der Waals surface area contributed by atoms with Gasteiger partial charge in [-0.15, -0.1) is 0 Å². The van der Waals surface area contributed by atoms with Gasteiger partial charge in [0.15, 0.2) is 15.7 Å². The summed E-state index contributed by atoms with van der Waals surface area (Å²) in [5.41, 5.74) is 5.79. The van der Waals surface area contributed by atoms with Gasteiger partial charge >= 0.3 is 0 Å². The standard InChI is InChI=1S/C13H21N3O2S2/c1-2-5-20(17,18)11-12(14)16-19-13(11)15-10-7-8-3-4-9(10)6-8/h8-10,15H,2-7H2,1H3,(H2,14,16). The van der Waals surface area contributed by atoms with Crippen LogP contribution in [-0.2, 0) is 9.84 Å². The second-order valence-electron chi connectivity index (χ2n) is 5.97. The van der Waals surface area contributed by atoms with Crippen molar-refractivity contribution in [3.8, 4) is 0 Å². The Bertz CT molecular complexity index is 597. The predicted molar refractivity (Wildman–Crippen MR) is 81.7 cm³/mol. The summed E-state index contributed by atoms with van der Waals surface area (Å²) in [6.07, 6.45) is 5.60. The first-order valence-electron chi connectivity index (χ1n) is 7.25. The fraction of sp³-hybridized carbons (Fsp3) is 0.769. The van der Waals surface area contributed by atoms with Crippen LogP contribution in [0.25, 0.3) is 0 Å². The molecule has 2 fully saturated rings. The highest BCUT2D eigenvalue weighted by Gasteiger charge is 2.40. The normalized spacial score (nSPS) is 28.9. The Morgan fingerprint density at radius 3 is 2.80 bits per heavy atom. The molecule has 3 N–H and O–H groups in total. The Balaban J connectivity index is 1.84. The molecular formula is C13H21N3O2S2. The molecular weight excluding hydrogens is 294 g/mol. The molecule has 3 rings (SSSR count). The first-order valence-corrected chi connectivity index (χ1v) is 9.68. The number of nitrogens with two attached hydrogens (primary N) is 1. The highest BCUT2D eigenvalue weighted by molar-refractivity contribution is 7.91. The molecule has 1 aromatic heterocycles. The Labute approximate surface area is 124 Å². The van der Waals surface area contributed by atoms with Crippen LogP contribution < -0.4 is 11.1 Å². The van der Waals surface area contributed by atoms with E-state index in [2.05, 4.69) is 9.69 Å². The van der Waals surface area contributed by atoms with E-state index < -0.39 is 9.84 Å². The second-order valence-corrected chi connectivity index (χ2v) is 8.79. The molecule has 7 heteroatoms. The molecule has 2 aliphatic carbocycles. The van der Waals surface area contributed by atoms with Crippen molar-refractivity contribution in [2.75, 3.05) is 16.8 Å². The van der Waals surface area contributed by atoms with E-state index in [1.165, 1.54) is 30.8 Å². The van der Waals surface area contributed by atoms with Gasteiger partial charge in [-0.1, -0.05) is 13.3 Å². The molecule has 2 bridgehead atoms. The lowest BCUT2D eigenvalue weighted by Gasteiger charge is -2.23. The number of sulfone groups is 1. The van der Waals surface area contributed by atoms with Gasteiger partial charge in [0.05, 0.1) is 5.75 Å². The molecule has 0 aliphatic heterocycles. The van der Waals surface area contributed by atoms with Crippen LogP contribution >= 0.6 is 11.5 Å². The van der Waals surface area contributed by atoms with E-state index in [1.807, 2.05) is 6.92 Å². The van der Waals surface area contributed by atoms with E-state index in [0.717, 1.165) is 12.3 Å². The maximum absolute atomic E-state index is 12.3. The summed E-state index contributed by atoms with van der Waals surface area (Å²) in [6.45, 7) is 1.86. The van der Waals surface area contributed by atoms with Gasteiger partial charge in [0, 0.05) is 6.04 Å². The van der Waals surface area contributed by atoms with Crippen molar-refractivity contribution in [1.82, 2.24) is 4.37 Å². The third kappa shape index (κ3) is 2.41. The number of hydrogen-bond donors (Lipinski definition) is 2. The van der Waals surface area contributed by atoms with Crippen LogP contribution in [0.2, 0.25) is 0 Å². The van der Waals surface area contributed by atoms with E-state index in [0.29, 0.717) is 23.4 Å². The third-order valence-corrected chi connectivity index (χ3v) is 7.42. The van der Waals surface area contributed by atoms with Crippen LogP contribution in [0.5, 0.6) is 0 Å². The summed E-state index contributed by atoms with van der Waals surface area (Å²) in [4.78, 5) is 0.229. The third-order valence-electron chi connectivity index (χ3n) is 4.51. The summed E-state index contributed by atoms with van der Waals surface area (Å²) < 4.78 is 28.7. The summed E-state index contributed by atoms with van der Waals surface area (Å²) in [6, 6.07) is 0.393. The molecule has 0 aromatic carbocycles. The number of aromatic nitrogens is 1. The minimum atomic E-state index is -3.32. The van der Waals surface area contributed by atoms with Gasteiger partial charge in [-0.05, 0) is 49.1 Å². The molecule has 0 spiro atoms. The maximum atomic E-state index is 12.3. The van der Waals surface area contributed by atoms with Gasteiger partial charge in [0.2, 0.25) is 0 Å². The predicted octanol–water partition coefficient (Wildman–Crippen LogP) is 2.51. The monoisotopic (exact) mass is 315 g/mol. The van der Waals surface area contributed by atoms with E-state index in [4.69, 9.17) is 5.73 Å². The topological polar surface area (TPSA) is 85.1 Å². The highest BCUT2D eigenvalue weighted by atomic mass is 32.2. The van der Waals surface area contributed by atoms with Crippen LogP contribution in [0, 0.1) is 11.8 Å². The minimum absolute atomic E-state index is 0.126. The molecule has 2 aliphatic rings. The van der Waals surface area contributed by atoms with E-state index >= 15 is 0 Å². The summed E-state index contributed by atoms with van der Waals surface area (Å²) >= 11 is 1.18. The number of nitrogen functional groups attached to an aromatic ring is 1. The number of hydrogen-bond acceptors (Lipinski definition) is 6. The largest absolute Gasteiger partial charge is 0.382 e. The lowest BCUT2D eigenvalue weighted by molar-refractivity contribution is 0.440. The van der Waals surface area contributed by atoms with Crippen LogP contribution in [0.15, 0.2) is 4.90 Å². The molecule has 20 heavy (non-hydrogen) atoms. The van der Waals surface area contributed by atoms with Crippen molar-refractivity contribution in [1.29, 1.82) is 0 Å². The molecule has 0 amide bonds. The zero-order valence-corrected chi connectivity index (χ0v) is 13.3. The first kappa shape index (κ1) is 14.1. The zero-order valence-electron chi connectivity index (χ0n) is 11.6. The SMILES string of the molecule is CCCS(=O)(=O)c1c(N)nsc1NC1CC2CCC1C2. The fourth-order valence-corrected chi connectivity index (χ4v) is 6.32. The van der Waals surface area contributed by atoms with Gasteiger partial charge in [-0.2, -0.15) is 4.37 Å². The minimum Gasteiger partial charge on any atom is -0.382 e. The van der Waals surface area contributed by atoms with Crippen LogP contribution in [0.4, 0.5) is 10.8 Å². The van der Waals surface area contributed by atoms with Crippen LogP contribution in [-0.4, -0.2) is 24.6 Å². The number of fused-ring (bicyclic) bond motifs is 2. The summed E-state index contributed by atoms with van der Waals surface area (Å²) in [5.74, 6) is 1.78. The Morgan fingerprint density at radius 1 is 1.40 bits per heavy atom. The number of rotatable bonds is 5. The molecule has 3 atom stereocenters. The van der Waals surface area contributed by atoms with Crippen molar-refractivity contribution in [2.45, 2.75) is 50.0 Å². The van der Waals surface area contributed by atoms with Crippen molar-refractivity contribution < 1.29 is 8.42 Å². The molecule has 3 unspecified atom stereocenters. The van der Waals surface area contributed by atoms with Crippen LogP contribution in [0.1, 0.15) is 39.0 Å². The average Bonchev–Trinajstić information content (AvgIpc) is 3.05. The lowest BCUT2D eigenvalue weighted by Crippen LogP contribution is -2.26. The number of nitrogens with zero attached hydrogens (tertiary/aromatic N) is 1. The van der Waals surface area contributed by atoms with Crippen molar-refractivity contribution >= 4 is 32.2 Å². The van der Waals surface area contributed by atoms with Crippen molar-refractivity contribution in [2.24, 2.45) is 11.8 Å². The number of anilines is 2. The van der Waals surface area contributed by atoms with Gasteiger partial charge < -0.3 is 11.1 Å². The second kappa shape index (κ2) is 5.18. The Hall–Kier alpha value is -0.820. The molecule has 0 radical (unpaired) electrons. The highest BCUT2D eigenvalue weighted by Crippen LogP contribution is 2.46. The van der Waals surface area contributed by atoms with E-state index in [1.54, 1.807) is 0 Å². The average molecular weight is 315 g/mol. The maximum Gasteiger partial charge on any atom is 0.185 e. The molecule has 1 heterocycles. The quantitative estimate of drug-likeness (QED) is 0.872. The van der Waals surface area contributed by atoms with Gasteiger partial charge in [-0.3, -0.25) is 0 Å². The van der Waals surface area contributed by atoms with Gasteiger partial charge in [0.25, 0.3) is 0 Å². The van der Waals surface area contributed by atoms with E-state index in [-0.39, 0.29) is 16.5 Å². The number of nitrogens with one attached hydrogen (secondary N) is 1.